The van der Waals surface area contributed by atoms with Gasteiger partial charge in [-0.15, -0.1) is 5.10 Å². The summed E-state index contributed by atoms with van der Waals surface area (Å²) in [7, 11) is 0. The summed E-state index contributed by atoms with van der Waals surface area (Å²) >= 11 is 0. The molecule has 1 aliphatic rings. The summed E-state index contributed by atoms with van der Waals surface area (Å²) in [5, 5.41) is 19.6. The van der Waals surface area contributed by atoms with Crippen LogP contribution in [-0.4, -0.2) is 35.9 Å². The van der Waals surface area contributed by atoms with E-state index in [0.717, 1.165) is 35.5 Å². The van der Waals surface area contributed by atoms with E-state index in [1.807, 2.05) is 58.8 Å². The molecule has 8 nitrogen and oxygen atoms in total. The molecule has 4 aromatic rings. The molecule has 5 rings (SSSR count). The number of carbonyl (C=O) groups is 1. The van der Waals surface area contributed by atoms with Gasteiger partial charge in [-0.2, -0.15) is 5.10 Å². The summed E-state index contributed by atoms with van der Waals surface area (Å²) in [5.74, 6) is 0.554. The summed E-state index contributed by atoms with van der Waals surface area (Å²) in [5.41, 5.74) is 4.23. The number of carbonyl (C=O) groups excluding carboxylic acids is 1. The first kappa shape index (κ1) is 19.2. The summed E-state index contributed by atoms with van der Waals surface area (Å²) < 4.78 is 3.76. The van der Waals surface area contributed by atoms with E-state index >= 15 is 0 Å². The van der Waals surface area contributed by atoms with Gasteiger partial charge < -0.3 is 5.32 Å². The molecule has 2 aromatic heterocycles. The fourth-order valence-electron chi connectivity index (χ4n) is 3.75. The van der Waals surface area contributed by atoms with Crippen molar-refractivity contribution in [3.05, 3.63) is 77.6 Å². The van der Waals surface area contributed by atoms with E-state index in [4.69, 9.17) is 0 Å². The fraction of sp³-hybridized carbons (Fsp3) is 0.261. The topological polar surface area (TPSA) is 90.5 Å². The van der Waals surface area contributed by atoms with Gasteiger partial charge in [-0.25, -0.2) is 4.68 Å². The van der Waals surface area contributed by atoms with E-state index in [0.29, 0.717) is 30.3 Å². The van der Waals surface area contributed by atoms with Gasteiger partial charge in [-0.05, 0) is 47.4 Å². The van der Waals surface area contributed by atoms with Gasteiger partial charge in [0.05, 0.1) is 30.0 Å². The molecule has 31 heavy (non-hydrogen) atoms. The van der Waals surface area contributed by atoms with Gasteiger partial charge in [0.25, 0.3) is 5.91 Å². The van der Waals surface area contributed by atoms with Crippen molar-refractivity contribution in [1.82, 2.24) is 30.0 Å². The van der Waals surface area contributed by atoms with Crippen LogP contribution in [0, 0.1) is 0 Å². The van der Waals surface area contributed by atoms with E-state index in [-0.39, 0.29) is 5.91 Å². The number of hydrogen-bond acceptors (Lipinski definition) is 5. The number of nitrogens with one attached hydrogen (secondary N) is 1. The van der Waals surface area contributed by atoms with E-state index in [9.17, 15) is 4.79 Å². The highest BCUT2D eigenvalue weighted by molar-refractivity contribution is 6.05. The van der Waals surface area contributed by atoms with Crippen molar-refractivity contribution in [3.63, 3.8) is 0 Å². The summed E-state index contributed by atoms with van der Waals surface area (Å²) in [6.07, 6.45) is 4.56. The van der Waals surface area contributed by atoms with Crippen LogP contribution in [0.15, 0.2) is 60.8 Å². The van der Waals surface area contributed by atoms with Gasteiger partial charge in [0.2, 0.25) is 0 Å². The number of anilines is 1. The molecule has 0 saturated heterocycles. The molecule has 1 saturated carbocycles. The van der Waals surface area contributed by atoms with Crippen molar-refractivity contribution in [2.75, 3.05) is 5.32 Å². The van der Waals surface area contributed by atoms with Crippen LogP contribution in [0.3, 0.4) is 0 Å². The highest BCUT2D eigenvalue weighted by Gasteiger charge is 2.28. The second-order valence-corrected chi connectivity index (χ2v) is 7.71. The Morgan fingerprint density at radius 3 is 2.74 bits per heavy atom. The Bertz CT molecular complexity index is 1210. The summed E-state index contributed by atoms with van der Waals surface area (Å²) in [6.45, 7) is 2.67. The van der Waals surface area contributed by atoms with Crippen LogP contribution in [0.2, 0.25) is 0 Å². The molecule has 8 heteroatoms. The molecule has 1 amide bonds. The van der Waals surface area contributed by atoms with E-state index in [2.05, 4.69) is 38.1 Å². The van der Waals surface area contributed by atoms with Gasteiger partial charge in [-0.3, -0.25) is 9.48 Å². The average Bonchev–Trinajstić information content (AvgIpc) is 3.37. The zero-order valence-electron chi connectivity index (χ0n) is 17.3. The Morgan fingerprint density at radius 1 is 1.13 bits per heavy atom. The van der Waals surface area contributed by atoms with Crippen molar-refractivity contribution < 1.29 is 4.79 Å². The molecule has 156 valence electrons. The Hall–Kier alpha value is -3.81. The second kappa shape index (κ2) is 8.14. The minimum atomic E-state index is -0.171. The maximum atomic E-state index is 13.0. The minimum absolute atomic E-state index is 0.171. The number of benzene rings is 2. The lowest BCUT2D eigenvalue weighted by Crippen LogP contribution is -2.15. The lowest BCUT2D eigenvalue weighted by molar-refractivity contribution is 0.102. The van der Waals surface area contributed by atoms with Crippen molar-refractivity contribution in [2.24, 2.45) is 0 Å². The van der Waals surface area contributed by atoms with Gasteiger partial charge in [-0.1, -0.05) is 49.4 Å². The van der Waals surface area contributed by atoms with Crippen LogP contribution >= 0.6 is 0 Å². The number of aromatic nitrogens is 6. The first-order chi connectivity index (χ1) is 15.2. The third kappa shape index (κ3) is 3.96. The predicted octanol–water partition coefficient (Wildman–Crippen LogP) is 3.73. The zero-order chi connectivity index (χ0) is 21.2. The second-order valence-electron chi connectivity index (χ2n) is 7.71. The van der Waals surface area contributed by atoms with Crippen molar-refractivity contribution in [2.45, 2.75) is 38.8 Å². The first-order valence-electron chi connectivity index (χ1n) is 10.5. The van der Waals surface area contributed by atoms with Gasteiger partial charge >= 0.3 is 0 Å². The lowest BCUT2D eigenvalue weighted by Gasteiger charge is -2.10. The Balaban J connectivity index is 1.36. The minimum Gasteiger partial charge on any atom is -0.322 e. The van der Waals surface area contributed by atoms with Crippen LogP contribution in [-0.2, 0) is 13.0 Å². The number of rotatable bonds is 7. The Kier molecular flexibility index (Phi) is 5.03. The summed E-state index contributed by atoms with van der Waals surface area (Å²) in [6, 6.07) is 18.1. The highest BCUT2D eigenvalue weighted by Crippen LogP contribution is 2.36. The molecule has 0 radical (unpaired) electrons. The first-order valence-corrected chi connectivity index (χ1v) is 10.5. The number of tetrazole rings is 1. The zero-order valence-corrected chi connectivity index (χ0v) is 17.3. The maximum Gasteiger partial charge on any atom is 0.259 e. The fourth-order valence-corrected chi connectivity index (χ4v) is 3.75. The molecule has 0 aliphatic heterocycles. The van der Waals surface area contributed by atoms with Crippen molar-refractivity contribution in [1.29, 1.82) is 0 Å². The van der Waals surface area contributed by atoms with E-state index < -0.39 is 0 Å². The van der Waals surface area contributed by atoms with Crippen molar-refractivity contribution in [3.8, 4) is 11.4 Å². The molecule has 1 aliphatic carbocycles. The molecule has 0 spiro atoms. The maximum absolute atomic E-state index is 13.0. The van der Waals surface area contributed by atoms with Crippen LogP contribution < -0.4 is 5.32 Å². The number of nitrogens with zero attached hydrogens (tertiary/aromatic N) is 6. The standard InChI is InChI=1S/C23H23N7O/c1-2-21-20(14-24-29(21)15-16-7-4-3-5-8-16)23(31)25-18-10-6-9-17(13-18)22-26-27-28-30(22)19-11-12-19/h3-10,13-14,19H,2,11-12,15H2,1H3,(H,25,31). The number of amides is 1. The van der Waals surface area contributed by atoms with Gasteiger partial charge in [0.1, 0.15) is 0 Å². The van der Waals surface area contributed by atoms with E-state index in [1.54, 1.807) is 6.20 Å². The average molecular weight is 413 g/mol. The third-order valence-electron chi connectivity index (χ3n) is 5.47. The largest absolute Gasteiger partial charge is 0.322 e. The van der Waals surface area contributed by atoms with Crippen molar-refractivity contribution >= 4 is 11.6 Å². The molecule has 2 heterocycles. The summed E-state index contributed by atoms with van der Waals surface area (Å²) in [4.78, 5) is 13.0. The smallest absolute Gasteiger partial charge is 0.259 e. The van der Waals surface area contributed by atoms with Gasteiger partial charge in [0.15, 0.2) is 5.82 Å². The molecule has 0 atom stereocenters. The van der Waals surface area contributed by atoms with Crippen LogP contribution in [0.1, 0.15) is 47.4 Å². The predicted molar refractivity (Wildman–Crippen MR) is 117 cm³/mol. The van der Waals surface area contributed by atoms with Crippen LogP contribution in [0.4, 0.5) is 5.69 Å². The Morgan fingerprint density at radius 2 is 1.97 bits per heavy atom. The third-order valence-corrected chi connectivity index (χ3v) is 5.47. The monoisotopic (exact) mass is 413 g/mol. The Labute approximate surface area is 179 Å². The van der Waals surface area contributed by atoms with Gasteiger partial charge in [0, 0.05) is 11.3 Å². The quantitative estimate of drug-likeness (QED) is 0.498. The van der Waals surface area contributed by atoms with E-state index in [1.165, 1.54) is 0 Å². The molecule has 2 aromatic carbocycles. The molecular formula is C23H23N7O. The highest BCUT2D eigenvalue weighted by atomic mass is 16.1. The molecule has 1 N–H and O–H groups in total. The van der Waals surface area contributed by atoms with Crippen LogP contribution in [0.5, 0.6) is 0 Å². The molecular weight excluding hydrogens is 390 g/mol. The molecule has 0 bridgehead atoms. The normalized spacial score (nSPS) is 13.3. The van der Waals surface area contributed by atoms with Crippen LogP contribution in [0.25, 0.3) is 11.4 Å². The molecule has 0 unspecified atom stereocenters. The molecule has 1 fully saturated rings. The SMILES string of the molecule is CCc1c(C(=O)Nc2cccc(-c3nnnn3C3CC3)c2)cnn1Cc1ccccc1. The number of hydrogen-bond donors (Lipinski definition) is 1. The lowest BCUT2D eigenvalue weighted by atomic mass is 10.1.